The summed E-state index contributed by atoms with van der Waals surface area (Å²) in [5.41, 5.74) is 0.994. The molecule has 2 aliphatic rings. The Hall–Kier alpha value is -1.86. The first-order valence-electron chi connectivity index (χ1n) is 7.45. The molecule has 0 saturated carbocycles. The number of carbonyl (C=O) groups excluding carboxylic acids is 1. The molecule has 0 aliphatic carbocycles. The highest BCUT2D eigenvalue weighted by Crippen LogP contribution is 2.28. The number of ether oxygens (including phenoxy) is 1. The summed E-state index contributed by atoms with van der Waals surface area (Å²) in [7, 11) is 0. The van der Waals surface area contributed by atoms with Crippen molar-refractivity contribution in [3.8, 4) is 0 Å². The zero-order chi connectivity index (χ0) is 15.7. The Morgan fingerprint density at radius 1 is 1.45 bits per heavy atom. The number of cyclic esters (lactones) is 1. The lowest BCUT2D eigenvalue weighted by Gasteiger charge is -2.34. The van der Waals surface area contributed by atoms with E-state index in [1.165, 1.54) is 11.0 Å². The van der Waals surface area contributed by atoms with E-state index in [-0.39, 0.29) is 19.0 Å². The van der Waals surface area contributed by atoms with E-state index < -0.39 is 12.2 Å². The van der Waals surface area contributed by atoms with Gasteiger partial charge in [-0.05, 0) is 25.1 Å². The summed E-state index contributed by atoms with van der Waals surface area (Å²) in [5.74, 6) is -0.355. The van der Waals surface area contributed by atoms with Gasteiger partial charge in [0, 0.05) is 25.7 Å². The molecule has 3 rings (SSSR count). The van der Waals surface area contributed by atoms with Crippen molar-refractivity contribution in [3.05, 3.63) is 24.0 Å². The van der Waals surface area contributed by atoms with E-state index in [9.17, 15) is 9.18 Å². The Morgan fingerprint density at radius 2 is 2.27 bits per heavy atom. The van der Waals surface area contributed by atoms with E-state index in [4.69, 9.17) is 9.84 Å². The number of carbonyl (C=O) groups is 1. The third-order valence-corrected chi connectivity index (χ3v) is 4.03. The van der Waals surface area contributed by atoms with E-state index in [0.717, 1.165) is 19.6 Å². The normalized spacial score (nSPS) is 25.5. The fourth-order valence-corrected chi connectivity index (χ4v) is 2.90. The summed E-state index contributed by atoms with van der Waals surface area (Å²) in [6.07, 6.45) is -1.11. The molecule has 2 atom stereocenters. The van der Waals surface area contributed by atoms with Gasteiger partial charge in [-0.15, -0.1) is 0 Å². The molecule has 1 aromatic rings. The molecule has 2 fully saturated rings. The first kappa shape index (κ1) is 15.1. The predicted molar refractivity (Wildman–Crippen MR) is 80.8 cm³/mol. The highest BCUT2D eigenvalue weighted by Gasteiger charge is 2.32. The first-order chi connectivity index (χ1) is 10.6. The number of piperazine rings is 1. The van der Waals surface area contributed by atoms with E-state index in [1.54, 1.807) is 12.1 Å². The maximum Gasteiger partial charge on any atom is 0.414 e. The Morgan fingerprint density at radius 3 is 2.91 bits per heavy atom. The maximum absolute atomic E-state index is 14.4. The number of halogens is 1. The van der Waals surface area contributed by atoms with Crippen LogP contribution in [0.15, 0.2) is 18.2 Å². The first-order valence-corrected chi connectivity index (χ1v) is 7.45. The number of aliphatic hydroxyl groups is 1. The second-order valence-electron chi connectivity index (χ2n) is 5.74. The van der Waals surface area contributed by atoms with Crippen LogP contribution in [0.4, 0.5) is 20.6 Å². The number of anilines is 2. The summed E-state index contributed by atoms with van der Waals surface area (Å²) in [6, 6.07) is 5.07. The number of benzene rings is 1. The SMILES string of the molecule is CC1CN(c2ccc(N3C[C@H](CO)OC3=O)cc2F)CCN1. The van der Waals surface area contributed by atoms with Gasteiger partial charge in [0.2, 0.25) is 0 Å². The fraction of sp³-hybridized carbons (Fsp3) is 0.533. The molecule has 2 saturated heterocycles. The monoisotopic (exact) mass is 309 g/mol. The van der Waals surface area contributed by atoms with Crippen LogP contribution in [0, 0.1) is 5.82 Å². The molecular weight excluding hydrogens is 289 g/mol. The number of nitrogens with one attached hydrogen (secondary N) is 1. The van der Waals surface area contributed by atoms with Crippen LogP contribution in [-0.4, -0.2) is 56.1 Å². The number of hydrogen-bond donors (Lipinski definition) is 2. The summed E-state index contributed by atoms with van der Waals surface area (Å²) >= 11 is 0. The molecule has 7 heteroatoms. The number of amides is 1. The van der Waals surface area contributed by atoms with Crippen molar-refractivity contribution < 1.29 is 19.0 Å². The summed E-state index contributed by atoms with van der Waals surface area (Å²) in [4.78, 5) is 15.1. The molecule has 0 radical (unpaired) electrons. The van der Waals surface area contributed by atoms with Crippen LogP contribution in [0.1, 0.15) is 6.92 Å². The van der Waals surface area contributed by atoms with Crippen molar-refractivity contribution in [2.45, 2.75) is 19.1 Å². The van der Waals surface area contributed by atoms with Crippen LogP contribution in [0.5, 0.6) is 0 Å². The molecule has 2 N–H and O–H groups in total. The Kier molecular flexibility index (Phi) is 4.17. The van der Waals surface area contributed by atoms with Gasteiger partial charge in [-0.1, -0.05) is 0 Å². The van der Waals surface area contributed by atoms with Crippen LogP contribution >= 0.6 is 0 Å². The van der Waals surface area contributed by atoms with Gasteiger partial charge in [0.05, 0.1) is 24.5 Å². The van der Waals surface area contributed by atoms with Crippen molar-refractivity contribution in [3.63, 3.8) is 0 Å². The molecule has 1 amide bonds. The van der Waals surface area contributed by atoms with Crippen molar-refractivity contribution >= 4 is 17.5 Å². The zero-order valence-corrected chi connectivity index (χ0v) is 12.5. The fourth-order valence-electron chi connectivity index (χ4n) is 2.90. The Bertz CT molecular complexity index is 569. The standard InChI is InChI=1S/C15H20FN3O3/c1-10-7-18(5-4-17-10)14-3-2-11(6-13(14)16)19-8-12(9-20)22-15(19)21/h2-3,6,10,12,17,20H,4-5,7-9H2,1H3/t10?,12-/m1/s1. The van der Waals surface area contributed by atoms with Crippen LogP contribution in [0.3, 0.4) is 0 Å². The van der Waals surface area contributed by atoms with Crippen molar-refractivity contribution in [1.82, 2.24) is 5.32 Å². The molecule has 2 heterocycles. The smallest absolute Gasteiger partial charge is 0.414 e. The average Bonchev–Trinajstić information content (AvgIpc) is 2.88. The van der Waals surface area contributed by atoms with E-state index >= 15 is 0 Å². The van der Waals surface area contributed by atoms with Crippen LogP contribution < -0.4 is 15.1 Å². The van der Waals surface area contributed by atoms with Crippen LogP contribution in [0.25, 0.3) is 0 Å². The quantitative estimate of drug-likeness (QED) is 0.870. The lowest BCUT2D eigenvalue weighted by atomic mass is 10.1. The molecule has 0 spiro atoms. The third-order valence-electron chi connectivity index (χ3n) is 4.03. The lowest BCUT2D eigenvalue weighted by molar-refractivity contribution is 0.0963. The molecule has 1 aromatic carbocycles. The second kappa shape index (κ2) is 6.10. The van der Waals surface area contributed by atoms with Gasteiger partial charge in [0.1, 0.15) is 11.9 Å². The van der Waals surface area contributed by atoms with Gasteiger partial charge in [-0.2, -0.15) is 0 Å². The average molecular weight is 309 g/mol. The second-order valence-corrected chi connectivity index (χ2v) is 5.74. The molecule has 2 aliphatic heterocycles. The van der Waals surface area contributed by atoms with E-state index in [2.05, 4.69) is 12.2 Å². The molecule has 6 nitrogen and oxygen atoms in total. The predicted octanol–water partition coefficient (Wildman–Crippen LogP) is 0.941. The van der Waals surface area contributed by atoms with Crippen LogP contribution in [-0.2, 0) is 4.74 Å². The zero-order valence-electron chi connectivity index (χ0n) is 12.5. The molecule has 0 aromatic heterocycles. The van der Waals surface area contributed by atoms with Crippen molar-refractivity contribution in [2.75, 3.05) is 42.6 Å². The number of nitrogens with zero attached hydrogens (tertiary/aromatic N) is 2. The highest BCUT2D eigenvalue weighted by atomic mass is 19.1. The Balaban J connectivity index is 1.79. The van der Waals surface area contributed by atoms with Crippen molar-refractivity contribution in [2.24, 2.45) is 0 Å². The van der Waals surface area contributed by atoms with E-state index in [0.29, 0.717) is 17.4 Å². The summed E-state index contributed by atoms with van der Waals surface area (Å²) in [5, 5.41) is 12.4. The van der Waals surface area contributed by atoms with Gasteiger partial charge in [0.15, 0.2) is 0 Å². The number of hydrogen-bond acceptors (Lipinski definition) is 5. The summed E-state index contributed by atoms with van der Waals surface area (Å²) in [6.45, 7) is 4.38. The molecule has 22 heavy (non-hydrogen) atoms. The summed E-state index contributed by atoms with van der Waals surface area (Å²) < 4.78 is 19.4. The van der Waals surface area contributed by atoms with Gasteiger partial charge in [-0.3, -0.25) is 4.90 Å². The minimum atomic E-state index is -0.554. The molecule has 0 bridgehead atoms. The molecular formula is C15H20FN3O3. The third kappa shape index (κ3) is 2.86. The number of aliphatic hydroxyl groups excluding tert-OH is 1. The van der Waals surface area contributed by atoms with E-state index in [1.807, 2.05) is 4.90 Å². The van der Waals surface area contributed by atoms with Crippen molar-refractivity contribution in [1.29, 1.82) is 0 Å². The van der Waals surface area contributed by atoms with Gasteiger partial charge < -0.3 is 20.1 Å². The minimum absolute atomic E-state index is 0.235. The molecule has 1 unspecified atom stereocenters. The molecule has 120 valence electrons. The lowest BCUT2D eigenvalue weighted by Crippen LogP contribution is -2.49. The van der Waals surface area contributed by atoms with Crippen LogP contribution in [0.2, 0.25) is 0 Å². The maximum atomic E-state index is 14.4. The topological polar surface area (TPSA) is 65.0 Å². The van der Waals surface area contributed by atoms with Gasteiger partial charge in [0.25, 0.3) is 0 Å². The van der Waals surface area contributed by atoms with Gasteiger partial charge >= 0.3 is 6.09 Å². The van der Waals surface area contributed by atoms with Gasteiger partial charge in [-0.25, -0.2) is 9.18 Å². The Labute approximate surface area is 128 Å². The highest BCUT2D eigenvalue weighted by molar-refractivity contribution is 5.90. The number of rotatable bonds is 3. The minimum Gasteiger partial charge on any atom is -0.441 e. The largest absolute Gasteiger partial charge is 0.441 e.